The van der Waals surface area contributed by atoms with Gasteiger partial charge in [0, 0.05) is 23.7 Å². The van der Waals surface area contributed by atoms with Gasteiger partial charge >= 0.3 is 5.97 Å². The van der Waals surface area contributed by atoms with Gasteiger partial charge in [0.05, 0.1) is 25.1 Å². The Hall–Kier alpha value is -2.85. The summed E-state index contributed by atoms with van der Waals surface area (Å²) in [7, 11) is 1.66. The Morgan fingerprint density at radius 1 is 1.22 bits per heavy atom. The maximum absolute atomic E-state index is 13.3. The predicted molar refractivity (Wildman–Crippen MR) is 145 cm³/mol. The Balaban J connectivity index is 0.00000228. The fourth-order valence-corrected chi connectivity index (χ4v) is 4.74. The highest BCUT2D eigenvalue weighted by molar-refractivity contribution is 5.85. The van der Waals surface area contributed by atoms with Gasteiger partial charge in [0.2, 0.25) is 0 Å². The van der Waals surface area contributed by atoms with Crippen molar-refractivity contribution >= 4 is 41.7 Å². The molecule has 1 saturated heterocycles. The zero-order valence-electron chi connectivity index (χ0n) is 20.2. The highest BCUT2D eigenvalue weighted by Gasteiger charge is 2.33. The zero-order valence-corrected chi connectivity index (χ0v) is 21.8. The molecule has 1 aromatic heterocycles. The van der Waals surface area contributed by atoms with Crippen molar-refractivity contribution in [1.29, 1.82) is 0 Å². The van der Waals surface area contributed by atoms with E-state index in [2.05, 4.69) is 21.7 Å². The number of likely N-dealkylation sites (tertiary alicyclic amines) is 1. The van der Waals surface area contributed by atoms with Gasteiger partial charge in [-0.25, -0.2) is 4.39 Å². The Bertz CT molecular complexity index is 1230. The smallest absolute Gasteiger partial charge is 0.308 e. The molecule has 5 nitrogen and oxygen atoms in total. The number of carboxylic acids is 1. The summed E-state index contributed by atoms with van der Waals surface area (Å²) in [5.74, 6) is 5.53. The second kappa shape index (κ2) is 14.0. The minimum Gasteiger partial charge on any atom is -0.497 e. The van der Waals surface area contributed by atoms with Gasteiger partial charge in [0.25, 0.3) is 0 Å². The van der Waals surface area contributed by atoms with E-state index in [1.54, 1.807) is 19.2 Å². The molecule has 8 heteroatoms. The number of methoxy groups -OCH3 is 1. The van der Waals surface area contributed by atoms with Crippen LogP contribution in [0.4, 0.5) is 4.39 Å². The van der Waals surface area contributed by atoms with Crippen molar-refractivity contribution < 1.29 is 19.0 Å². The number of benzene rings is 2. The van der Waals surface area contributed by atoms with Crippen LogP contribution in [0.25, 0.3) is 10.9 Å². The van der Waals surface area contributed by atoms with Crippen LogP contribution < -0.4 is 4.74 Å². The van der Waals surface area contributed by atoms with Crippen LogP contribution in [0.15, 0.2) is 54.7 Å². The number of fused-ring (bicyclic) bond motifs is 1. The molecule has 1 fully saturated rings. The molecule has 2 heterocycles. The summed E-state index contributed by atoms with van der Waals surface area (Å²) in [5, 5.41) is 10.9. The Kier molecular flexibility index (Phi) is 11.5. The van der Waals surface area contributed by atoms with Crippen molar-refractivity contribution in [2.24, 2.45) is 11.8 Å². The van der Waals surface area contributed by atoms with Crippen LogP contribution in [0.2, 0.25) is 0 Å². The molecule has 36 heavy (non-hydrogen) atoms. The topological polar surface area (TPSA) is 62.7 Å². The molecular weight excluding hydrogens is 502 g/mol. The number of halogens is 3. The van der Waals surface area contributed by atoms with E-state index >= 15 is 0 Å². The van der Waals surface area contributed by atoms with Gasteiger partial charge in [-0.05, 0) is 86.2 Å². The number of aryl methyl sites for hydroxylation is 1. The summed E-state index contributed by atoms with van der Waals surface area (Å²) in [6.07, 6.45) is 5.33. The lowest BCUT2D eigenvalue weighted by molar-refractivity contribution is -0.146. The van der Waals surface area contributed by atoms with Crippen LogP contribution in [0.3, 0.4) is 0 Å². The van der Waals surface area contributed by atoms with Gasteiger partial charge in [-0.3, -0.25) is 14.7 Å². The Morgan fingerprint density at radius 3 is 2.81 bits per heavy atom. The summed E-state index contributed by atoms with van der Waals surface area (Å²) in [5.41, 5.74) is 2.78. The molecule has 1 aliphatic heterocycles. The van der Waals surface area contributed by atoms with Gasteiger partial charge in [-0.1, -0.05) is 17.9 Å². The van der Waals surface area contributed by atoms with Crippen molar-refractivity contribution in [3.05, 3.63) is 71.7 Å². The molecule has 1 N–H and O–H groups in total. The number of hydrogen-bond donors (Lipinski definition) is 1. The number of rotatable bonds is 7. The summed E-state index contributed by atoms with van der Waals surface area (Å²) in [6, 6.07) is 14.1. The third kappa shape index (κ3) is 7.57. The van der Waals surface area contributed by atoms with Crippen LogP contribution >= 0.6 is 24.8 Å². The van der Waals surface area contributed by atoms with E-state index in [4.69, 9.17) is 4.74 Å². The number of carbonyl (C=O) groups is 1. The molecule has 2 aromatic carbocycles. The zero-order chi connectivity index (χ0) is 23.9. The van der Waals surface area contributed by atoms with Crippen LogP contribution in [0.5, 0.6) is 5.75 Å². The van der Waals surface area contributed by atoms with Gasteiger partial charge in [-0.2, -0.15) is 0 Å². The molecule has 1 aliphatic rings. The lowest BCUT2D eigenvalue weighted by Gasteiger charge is -2.35. The van der Waals surface area contributed by atoms with Crippen LogP contribution in [0, 0.1) is 29.5 Å². The Morgan fingerprint density at radius 2 is 2.06 bits per heavy atom. The number of pyridine rings is 1. The summed E-state index contributed by atoms with van der Waals surface area (Å²) in [4.78, 5) is 18.5. The molecule has 0 saturated carbocycles. The molecule has 0 radical (unpaired) electrons. The summed E-state index contributed by atoms with van der Waals surface area (Å²) < 4.78 is 18.7. The third-order valence-electron chi connectivity index (χ3n) is 6.58. The van der Waals surface area contributed by atoms with Gasteiger partial charge in [0.15, 0.2) is 0 Å². The van der Waals surface area contributed by atoms with E-state index in [1.165, 1.54) is 17.7 Å². The first-order valence-corrected chi connectivity index (χ1v) is 11.6. The largest absolute Gasteiger partial charge is 0.497 e. The third-order valence-corrected chi connectivity index (χ3v) is 6.58. The fraction of sp³-hybridized carbons (Fsp3) is 0.357. The molecule has 192 valence electrons. The normalized spacial score (nSPS) is 17.3. The van der Waals surface area contributed by atoms with E-state index in [0.29, 0.717) is 18.7 Å². The van der Waals surface area contributed by atoms with Gasteiger partial charge < -0.3 is 9.84 Å². The minimum absolute atomic E-state index is 0. The molecule has 3 aromatic rings. The lowest BCUT2D eigenvalue weighted by Crippen LogP contribution is -2.44. The first kappa shape index (κ1) is 29.4. The Labute approximate surface area is 223 Å². The summed E-state index contributed by atoms with van der Waals surface area (Å²) >= 11 is 0. The number of nitrogens with zero attached hydrogens (tertiary/aromatic N) is 2. The highest BCUT2D eigenvalue weighted by Crippen LogP contribution is 2.30. The number of ether oxygens (including phenoxy) is 1. The van der Waals surface area contributed by atoms with Crippen LogP contribution in [-0.2, 0) is 11.2 Å². The van der Waals surface area contributed by atoms with E-state index < -0.39 is 11.9 Å². The fourth-order valence-electron chi connectivity index (χ4n) is 4.74. The van der Waals surface area contributed by atoms with Crippen molar-refractivity contribution in [2.75, 3.05) is 26.7 Å². The first-order chi connectivity index (χ1) is 16.5. The predicted octanol–water partition coefficient (Wildman–Crippen LogP) is 5.62. The number of aliphatic carboxylic acids is 1. The van der Waals surface area contributed by atoms with Crippen LogP contribution in [-0.4, -0.2) is 47.7 Å². The molecule has 0 unspecified atom stereocenters. The van der Waals surface area contributed by atoms with E-state index in [1.807, 2.05) is 30.5 Å². The van der Waals surface area contributed by atoms with Crippen molar-refractivity contribution in [2.45, 2.75) is 25.7 Å². The monoisotopic (exact) mass is 532 g/mol. The molecule has 4 rings (SSSR count). The summed E-state index contributed by atoms with van der Waals surface area (Å²) in [6.45, 7) is 1.80. The van der Waals surface area contributed by atoms with Crippen LogP contribution in [0.1, 0.15) is 30.4 Å². The second-order valence-electron chi connectivity index (χ2n) is 8.79. The molecule has 0 spiro atoms. The van der Waals surface area contributed by atoms with E-state index in [9.17, 15) is 14.3 Å². The molecule has 2 atom stereocenters. The second-order valence-corrected chi connectivity index (χ2v) is 8.79. The van der Waals surface area contributed by atoms with E-state index in [0.717, 1.165) is 48.9 Å². The van der Waals surface area contributed by atoms with Crippen molar-refractivity contribution in [3.63, 3.8) is 0 Å². The highest BCUT2D eigenvalue weighted by atomic mass is 35.5. The quantitative estimate of drug-likeness (QED) is 0.400. The molecule has 0 bridgehead atoms. The van der Waals surface area contributed by atoms with Crippen molar-refractivity contribution in [3.8, 4) is 17.6 Å². The molecule has 0 amide bonds. The van der Waals surface area contributed by atoms with Gasteiger partial charge in [0.1, 0.15) is 11.6 Å². The van der Waals surface area contributed by atoms with E-state index in [-0.39, 0.29) is 36.5 Å². The maximum atomic E-state index is 13.3. The van der Waals surface area contributed by atoms with Crippen molar-refractivity contribution in [1.82, 2.24) is 9.88 Å². The first-order valence-electron chi connectivity index (χ1n) is 11.6. The SMILES string of the molecule is COc1ccc2nccc(CCC[C@@H]3CCN(CC#Cc4cccc(F)c4)C[C@@H]3C(=O)O)c2c1.Cl.Cl. The number of carboxylic acid groups (broad SMARTS) is 1. The minimum atomic E-state index is -0.744. The maximum Gasteiger partial charge on any atom is 0.308 e. The lowest BCUT2D eigenvalue weighted by atomic mass is 9.81. The average Bonchev–Trinajstić information content (AvgIpc) is 2.84. The molecule has 0 aliphatic carbocycles. The molecular formula is C28H31Cl2FN2O3. The number of piperidine rings is 1. The number of aromatic nitrogens is 1. The standard InChI is InChI=1S/C28H29FN2O3.2ClH/c1-34-24-10-11-27-25(18-24)21(12-14-30-27)7-3-8-22-13-16-31(19-26(22)28(32)33)15-4-6-20-5-2-9-23(29)17-20;;/h2,5,9-12,14,17-18,22,26H,3,7-8,13,15-16,19H2,1H3,(H,32,33);2*1H/t22-,26+;;/m1../s1. The number of hydrogen-bond acceptors (Lipinski definition) is 4. The van der Waals surface area contributed by atoms with Gasteiger partial charge in [-0.15, -0.1) is 24.8 Å². The average molecular weight is 533 g/mol.